The highest BCUT2D eigenvalue weighted by Crippen LogP contribution is 2.34. The first-order valence-corrected chi connectivity index (χ1v) is 7.54. The Balaban J connectivity index is 1.56. The smallest absolute Gasteiger partial charge is 0.318 e. The lowest BCUT2D eigenvalue weighted by atomic mass is 10.2. The minimum Gasteiger partial charge on any atom is -0.467 e. The molecule has 0 radical (unpaired) electrons. The number of amides is 2. The number of aryl methyl sites for hydroxylation is 1. The van der Waals surface area contributed by atoms with Crippen LogP contribution in [0.4, 0.5) is 4.79 Å². The lowest BCUT2D eigenvalue weighted by Gasteiger charge is -2.28. The van der Waals surface area contributed by atoms with Crippen LogP contribution < -0.4 is 5.32 Å². The van der Waals surface area contributed by atoms with E-state index in [-0.39, 0.29) is 12.1 Å². The van der Waals surface area contributed by atoms with Crippen LogP contribution >= 0.6 is 0 Å². The summed E-state index contributed by atoms with van der Waals surface area (Å²) in [5.41, 5.74) is 0. The predicted octanol–water partition coefficient (Wildman–Crippen LogP) is 2.45. The van der Waals surface area contributed by atoms with E-state index in [0.717, 1.165) is 18.6 Å². The van der Waals surface area contributed by atoms with E-state index >= 15 is 0 Å². The third-order valence-corrected chi connectivity index (χ3v) is 3.73. The lowest BCUT2D eigenvalue weighted by molar-refractivity contribution is 0.166. The number of urea groups is 1. The van der Waals surface area contributed by atoms with Gasteiger partial charge in [-0.3, -0.25) is 0 Å². The summed E-state index contributed by atoms with van der Waals surface area (Å²) in [4.78, 5) is 18.4. The number of hydrogen-bond donors (Lipinski definition) is 1. The Bertz CT molecular complexity index is 619. The average Bonchev–Trinajstić information content (AvgIpc) is 3.01. The fourth-order valence-corrected chi connectivity index (χ4v) is 2.49. The van der Waals surface area contributed by atoms with Gasteiger partial charge in [0.2, 0.25) is 5.89 Å². The second-order valence-electron chi connectivity index (χ2n) is 5.55. The van der Waals surface area contributed by atoms with E-state index in [1.165, 1.54) is 0 Å². The van der Waals surface area contributed by atoms with Gasteiger partial charge in [-0.25, -0.2) is 4.79 Å². The highest BCUT2D eigenvalue weighted by Gasteiger charge is 2.37. The maximum absolute atomic E-state index is 12.5. The molecule has 0 aliphatic heterocycles. The van der Waals surface area contributed by atoms with Crippen molar-refractivity contribution in [1.29, 1.82) is 0 Å². The number of furan rings is 1. The van der Waals surface area contributed by atoms with Crippen LogP contribution in [0.2, 0.25) is 0 Å². The molecule has 2 aromatic heterocycles. The van der Waals surface area contributed by atoms with E-state index in [2.05, 4.69) is 15.5 Å². The van der Waals surface area contributed by atoms with Gasteiger partial charge < -0.3 is 19.2 Å². The third-order valence-electron chi connectivity index (χ3n) is 3.73. The molecular weight excluding hydrogens is 284 g/mol. The zero-order chi connectivity index (χ0) is 15.5. The number of rotatable bonds is 6. The molecule has 0 saturated heterocycles. The molecule has 1 fully saturated rings. The van der Waals surface area contributed by atoms with Crippen molar-refractivity contribution in [3.05, 3.63) is 35.9 Å². The zero-order valence-corrected chi connectivity index (χ0v) is 12.8. The normalized spacial score (nSPS) is 15.5. The van der Waals surface area contributed by atoms with Gasteiger partial charge in [0.25, 0.3) is 0 Å². The fraction of sp³-hybridized carbons (Fsp3) is 0.533. The maximum atomic E-state index is 12.5. The van der Waals surface area contributed by atoms with Gasteiger partial charge in [-0.2, -0.15) is 4.98 Å². The summed E-state index contributed by atoms with van der Waals surface area (Å²) in [5, 5.41) is 6.65. The van der Waals surface area contributed by atoms with Gasteiger partial charge in [-0.15, -0.1) is 0 Å². The van der Waals surface area contributed by atoms with Crippen LogP contribution in [0.3, 0.4) is 0 Å². The highest BCUT2D eigenvalue weighted by molar-refractivity contribution is 5.75. The minimum absolute atomic E-state index is 0.0758. The molecule has 0 aromatic carbocycles. The van der Waals surface area contributed by atoms with Crippen molar-refractivity contribution in [2.45, 2.75) is 45.2 Å². The number of carbonyl (C=O) groups is 1. The number of nitrogens with zero attached hydrogens (tertiary/aromatic N) is 3. The highest BCUT2D eigenvalue weighted by atomic mass is 16.5. The first kappa shape index (κ1) is 14.6. The van der Waals surface area contributed by atoms with Crippen LogP contribution in [0.1, 0.15) is 43.3 Å². The van der Waals surface area contributed by atoms with Gasteiger partial charge in [0.1, 0.15) is 5.76 Å². The van der Waals surface area contributed by atoms with Gasteiger partial charge >= 0.3 is 6.03 Å². The summed E-state index contributed by atoms with van der Waals surface area (Å²) in [6.45, 7) is 4.22. The predicted molar refractivity (Wildman–Crippen MR) is 78.1 cm³/mol. The van der Waals surface area contributed by atoms with Crippen LogP contribution in [-0.2, 0) is 6.42 Å². The second-order valence-corrected chi connectivity index (χ2v) is 5.55. The second kappa shape index (κ2) is 6.21. The molecule has 118 valence electrons. The number of carbonyl (C=O) groups excluding carboxylic acids is 1. The van der Waals surface area contributed by atoms with Gasteiger partial charge in [-0.05, 0) is 38.8 Å². The summed E-state index contributed by atoms with van der Waals surface area (Å²) < 4.78 is 10.5. The van der Waals surface area contributed by atoms with E-state index < -0.39 is 0 Å². The van der Waals surface area contributed by atoms with Crippen LogP contribution in [0.15, 0.2) is 27.3 Å². The molecule has 0 unspecified atom stereocenters. The van der Waals surface area contributed by atoms with E-state index in [1.54, 1.807) is 13.2 Å². The van der Waals surface area contributed by atoms with E-state index in [4.69, 9.17) is 8.94 Å². The van der Waals surface area contributed by atoms with Crippen molar-refractivity contribution >= 4 is 6.03 Å². The molecule has 2 aromatic rings. The first-order valence-electron chi connectivity index (χ1n) is 7.54. The Morgan fingerprint density at radius 3 is 2.95 bits per heavy atom. The largest absolute Gasteiger partial charge is 0.467 e. The molecule has 3 rings (SSSR count). The molecule has 1 atom stereocenters. The molecule has 2 amide bonds. The number of nitrogens with one attached hydrogen (secondary N) is 1. The molecule has 1 N–H and O–H groups in total. The Hall–Kier alpha value is -2.31. The fourth-order valence-electron chi connectivity index (χ4n) is 2.49. The van der Waals surface area contributed by atoms with Crippen molar-refractivity contribution in [2.75, 3.05) is 6.54 Å². The van der Waals surface area contributed by atoms with Crippen molar-refractivity contribution in [1.82, 2.24) is 20.4 Å². The van der Waals surface area contributed by atoms with Crippen LogP contribution in [0.25, 0.3) is 0 Å². The zero-order valence-electron chi connectivity index (χ0n) is 12.8. The standard InChI is InChI=1S/C15H20N4O3/c1-10(13-4-3-9-21-13)19(12-5-6-12)15(20)16-8-7-14-17-11(2)18-22-14/h3-4,9-10,12H,5-8H2,1-2H3,(H,16,20)/t10-/m1/s1. The Morgan fingerprint density at radius 2 is 2.36 bits per heavy atom. The Kier molecular flexibility index (Phi) is 4.13. The van der Waals surface area contributed by atoms with Crippen LogP contribution in [0.5, 0.6) is 0 Å². The topological polar surface area (TPSA) is 84.4 Å². The first-order chi connectivity index (χ1) is 10.6. The molecule has 1 aliphatic rings. The van der Waals surface area contributed by atoms with Crippen molar-refractivity contribution in [3.8, 4) is 0 Å². The molecule has 1 saturated carbocycles. The summed E-state index contributed by atoms with van der Waals surface area (Å²) in [6, 6.07) is 3.88. The SMILES string of the molecule is Cc1noc(CCNC(=O)N(C2CC2)[C@H](C)c2ccco2)n1. The van der Waals surface area contributed by atoms with Crippen molar-refractivity contribution < 1.29 is 13.7 Å². The van der Waals surface area contributed by atoms with E-state index in [1.807, 2.05) is 24.0 Å². The van der Waals surface area contributed by atoms with Gasteiger partial charge in [0, 0.05) is 19.0 Å². The summed E-state index contributed by atoms with van der Waals surface area (Å²) >= 11 is 0. The van der Waals surface area contributed by atoms with E-state index in [0.29, 0.717) is 30.7 Å². The molecule has 0 bridgehead atoms. The molecule has 7 nitrogen and oxygen atoms in total. The maximum Gasteiger partial charge on any atom is 0.318 e. The van der Waals surface area contributed by atoms with Crippen LogP contribution in [-0.4, -0.2) is 33.7 Å². The minimum atomic E-state index is -0.0809. The van der Waals surface area contributed by atoms with Crippen molar-refractivity contribution in [3.63, 3.8) is 0 Å². The molecule has 7 heteroatoms. The molecule has 2 heterocycles. The van der Waals surface area contributed by atoms with Crippen molar-refractivity contribution in [2.24, 2.45) is 0 Å². The number of aromatic nitrogens is 2. The number of hydrogen-bond acceptors (Lipinski definition) is 5. The summed E-state index contributed by atoms with van der Waals surface area (Å²) in [5.74, 6) is 1.94. The summed E-state index contributed by atoms with van der Waals surface area (Å²) in [6.07, 6.45) is 4.25. The monoisotopic (exact) mass is 304 g/mol. The average molecular weight is 304 g/mol. The van der Waals surface area contributed by atoms with Gasteiger partial charge in [-0.1, -0.05) is 5.16 Å². The quantitative estimate of drug-likeness (QED) is 0.886. The molecule has 22 heavy (non-hydrogen) atoms. The lowest BCUT2D eigenvalue weighted by Crippen LogP contribution is -2.43. The van der Waals surface area contributed by atoms with Crippen LogP contribution in [0, 0.1) is 6.92 Å². The van der Waals surface area contributed by atoms with Gasteiger partial charge in [0.05, 0.1) is 12.3 Å². The van der Waals surface area contributed by atoms with Gasteiger partial charge in [0.15, 0.2) is 5.82 Å². The van der Waals surface area contributed by atoms with E-state index in [9.17, 15) is 4.79 Å². The molecule has 1 aliphatic carbocycles. The Labute approximate surface area is 128 Å². The Morgan fingerprint density at radius 1 is 1.55 bits per heavy atom. The molecular formula is C15H20N4O3. The molecule has 0 spiro atoms. The summed E-state index contributed by atoms with van der Waals surface area (Å²) in [7, 11) is 0. The third kappa shape index (κ3) is 3.29.